The number of ether oxygens (including phenoxy) is 1. The average molecular weight is 346 g/mol. The van der Waals surface area contributed by atoms with E-state index in [0.717, 1.165) is 12.1 Å². The maximum atomic E-state index is 12.2. The highest BCUT2D eigenvalue weighted by atomic mass is 16.6. The van der Waals surface area contributed by atoms with Crippen LogP contribution in [0.1, 0.15) is 58.9 Å². The molecule has 1 aromatic carbocycles. The molecule has 2 amide bonds. The molecule has 1 heterocycles. The molecule has 5 heteroatoms. The first-order valence-corrected chi connectivity index (χ1v) is 9.02. The Morgan fingerprint density at radius 3 is 2.44 bits per heavy atom. The van der Waals surface area contributed by atoms with Gasteiger partial charge in [-0.2, -0.15) is 0 Å². The van der Waals surface area contributed by atoms with Gasteiger partial charge >= 0.3 is 6.09 Å². The lowest BCUT2D eigenvalue weighted by Crippen LogP contribution is -2.35. The highest BCUT2D eigenvalue weighted by molar-refractivity contribution is 5.90. The number of amides is 2. The zero-order valence-corrected chi connectivity index (χ0v) is 16.0. The molecule has 0 saturated carbocycles. The summed E-state index contributed by atoms with van der Waals surface area (Å²) < 4.78 is 5.39. The number of benzene rings is 1. The van der Waals surface area contributed by atoms with Crippen LogP contribution in [0, 0.1) is 5.92 Å². The van der Waals surface area contributed by atoms with E-state index in [-0.39, 0.29) is 17.9 Å². The van der Waals surface area contributed by atoms with Gasteiger partial charge in [-0.05, 0) is 56.7 Å². The third-order valence-electron chi connectivity index (χ3n) is 4.27. The lowest BCUT2D eigenvalue weighted by Gasteiger charge is -2.24. The number of carbonyl (C=O) groups is 2. The van der Waals surface area contributed by atoms with Crippen molar-refractivity contribution in [1.29, 1.82) is 0 Å². The minimum atomic E-state index is -0.491. The molecule has 5 nitrogen and oxygen atoms in total. The standard InChI is InChI=1S/C20H30N2O3/c1-14(2)16-6-8-17(9-7-16)21-18(23)12-15-10-11-22(13-15)19(24)25-20(3,4)5/h6-9,14-15H,10-13H2,1-5H3,(H,21,23). The van der Waals surface area contributed by atoms with E-state index in [1.165, 1.54) is 5.56 Å². The Hall–Kier alpha value is -2.04. The van der Waals surface area contributed by atoms with Gasteiger partial charge in [0.2, 0.25) is 5.91 Å². The summed E-state index contributed by atoms with van der Waals surface area (Å²) in [5, 5.41) is 2.94. The Balaban J connectivity index is 1.80. The van der Waals surface area contributed by atoms with Crippen molar-refractivity contribution >= 4 is 17.7 Å². The molecule has 1 aliphatic rings. The molecular weight excluding hydrogens is 316 g/mol. The minimum Gasteiger partial charge on any atom is -0.444 e. The first kappa shape index (κ1) is 19.3. The molecule has 1 fully saturated rings. The second-order valence-electron chi connectivity index (χ2n) is 8.11. The van der Waals surface area contributed by atoms with Crippen molar-refractivity contribution < 1.29 is 14.3 Å². The summed E-state index contributed by atoms with van der Waals surface area (Å²) >= 11 is 0. The van der Waals surface area contributed by atoms with Crippen LogP contribution in [-0.4, -0.2) is 35.6 Å². The van der Waals surface area contributed by atoms with E-state index < -0.39 is 5.60 Å². The Labute approximate surface area is 150 Å². The predicted molar refractivity (Wildman–Crippen MR) is 99.7 cm³/mol. The topological polar surface area (TPSA) is 58.6 Å². The fraction of sp³-hybridized carbons (Fsp3) is 0.600. The largest absolute Gasteiger partial charge is 0.444 e. The Morgan fingerprint density at radius 2 is 1.88 bits per heavy atom. The number of nitrogens with one attached hydrogen (secondary N) is 1. The van der Waals surface area contributed by atoms with E-state index in [1.54, 1.807) is 4.90 Å². The molecule has 0 spiro atoms. The smallest absolute Gasteiger partial charge is 0.410 e. The van der Waals surface area contributed by atoms with Crippen LogP contribution in [-0.2, 0) is 9.53 Å². The van der Waals surface area contributed by atoms with Crippen molar-refractivity contribution in [1.82, 2.24) is 4.90 Å². The molecule has 1 aromatic rings. The Kier molecular flexibility index (Phi) is 6.09. The van der Waals surface area contributed by atoms with Crippen molar-refractivity contribution in [2.45, 2.75) is 59.0 Å². The van der Waals surface area contributed by atoms with E-state index in [2.05, 4.69) is 19.2 Å². The summed E-state index contributed by atoms with van der Waals surface area (Å²) in [6.45, 7) is 11.1. The quantitative estimate of drug-likeness (QED) is 0.879. The summed E-state index contributed by atoms with van der Waals surface area (Å²) in [5.41, 5.74) is 1.58. The summed E-state index contributed by atoms with van der Waals surface area (Å²) in [6.07, 6.45) is 0.962. The number of carbonyl (C=O) groups excluding carboxylic acids is 2. The van der Waals surface area contributed by atoms with Crippen LogP contribution in [0.25, 0.3) is 0 Å². The predicted octanol–water partition coefficient (Wildman–Crippen LogP) is 4.40. The highest BCUT2D eigenvalue weighted by Crippen LogP contribution is 2.23. The fourth-order valence-electron chi connectivity index (χ4n) is 2.92. The number of anilines is 1. The first-order valence-electron chi connectivity index (χ1n) is 9.02. The van der Waals surface area contributed by atoms with Crippen molar-refractivity contribution in [3.8, 4) is 0 Å². The molecule has 0 aromatic heterocycles. The van der Waals surface area contributed by atoms with E-state index >= 15 is 0 Å². The van der Waals surface area contributed by atoms with Crippen LogP contribution >= 0.6 is 0 Å². The van der Waals surface area contributed by atoms with Gasteiger partial charge in [0.05, 0.1) is 0 Å². The second-order valence-corrected chi connectivity index (χ2v) is 8.11. The van der Waals surface area contributed by atoms with Gasteiger partial charge < -0.3 is 15.0 Å². The third kappa shape index (κ3) is 6.07. The van der Waals surface area contributed by atoms with Crippen molar-refractivity contribution in [2.24, 2.45) is 5.92 Å². The van der Waals surface area contributed by atoms with Crippen molar-refractivity contribution in [3.63, 3.8) is 0 Å². The number of hydrogen-bond acceptors (Lipinski definition) is 3. The normalized spacial score (nSPS) is 17.7. The molecule has 25 heavy (non-hydrogen) atoms. The molecule has 0 aliphatic carbocycles. The van der Waals surface area contributed by atoms with Gasteiger partial charge in [0, 0.05) is 25.2 Å². The van der Waals surface area contributed by atoms with Crippen LogP contribution in [0.5, 0.6) is 0 Å². The molecule has 2 rings (SSSR count). The molecule has 0 radical (unpaired) electrons. The first-order chi connectivity index (χ1) is 11.6. The molecule has 1 aliphatic heterocycles. The minimum absolute atomic E-state index is 0.00617. The molecule has 1 N–H and O–H groups in total. The third-order valence-corrected chi connectivity index (χ3v) is 4.27. The maximum Gasteiger partial charge on any atom is 0.410 e. The molecule has 1 unspecified atom stereocenters. The molecule has 1 saturated heterocycles. The summed E-state index contributed by atoms with van der Waals surface area (Å²) in [6, 6.07) is 7.96. The zero-order valence-electron chi connectivity index (χ0n) is 16.0. The SMILES string of the molecule is CC(C)c1ccc(NC(=O)CC2CCN(C(=O)OC(C)(C)C)C2)cc1. The summed E-state index contributed by atoms with van der Waals surface area (Å²) in [5.74, 6) is 0.651. The van der Waals surface area contributed by atoms with Gasteiger partial charge in [-0.3, -0.25) is 4.79 Å². The molecular formula is C20H30N2O3. The Morgan fingerprint density at radius 1 is 1.24 bits per heavy atom. The molecule has 138 valence electrons. The van der Waals surface area contributed by atoms with Crippen LogP contribution in [0.3, 0.4) is 0 Å². The van der Waals surface area contributed by atoms with Crippen molar-refractivity contribution in [3.05, 3.63) is 29.8 Å². The van der Waals surface area contributed by atoms with Gasteiger partial charge in [0.15, 0.2) is 0 Å². The maximum absolute atomic E-state index is 12.2. The molecule has 1 atom stereocenters. The lowest BCUT2D eigenvalue weighted by molar-refractivity contribution is -0.117. The number of likely N-dealkylation sites (tertiary alicyclic amines) is 1. The van der Waals surface area contributed by atoms with Crippen LogP contribution in [0.2, 0.25) is 0 Å². The summed E-state index contributed by atoms with van der Waals surface area (Å²) in [4.78, 5) is 26.0. The van der Waals surface area contributed by atoms with Gasteiger partial charge in [-0.15, -0.1) is 0 Å². The Bertz CT molecular complexity index is 602. The van der Waals surface area contributed by atoms with Gasteiger partial charge in [-0.1, -0.05) is 26.0 Å². The average Bonchev–Trinajstić information content (AvgIpc) is 2.94. The monoisotopic (exact) mass is 346 g/mol. The van der Waals surface area contributed by atoms with Crippen LogP contribution < -0.4 is 5.32 Å². The lowest BCUT2D eigenvalue weighted by atomic mass is 10.0. The molecule has 0 bridgehead atoms. The highest BCUT2D eigenvalue weighted by Gasteiger charge is 2.30. The van der Waals surface area contributed by atoms with E-state index in [1.807, 2.05) is 45.0 Å². The van der Waals surface area contributed by atoms with E-state index in [4.69, 9.17) is 4.74 Å². The fourth-order valence-corrected chi connectivity index (χ4v) is 2.92. The van der Waals surface area contributed by atoms with Crippen molar-refractivity contribution in [2.75, 3.05) is 18.4 Å². The van der Waals surface area contributed by atoms with Gasteiger partial charge in [0.1, 0.15) is 5.60 Å². The van der Waals surface area contributed by atoms with Gasteiger partial charge in [0.25, 0.3) is 0 Å². The summed E-state index contributed by atoms with van der Waals surface area (Å²) in [7, 11) is 0. The number of rotatable bonds is 4. The number of nitrogens with zero attached hydrogens (tertiary/aromatic N) is 1. The number of hydrogen-bond donors (Lipinski definition) is 1. The van der Waals surface area contributed by atoms with Crippen LogP contribution in [0.4, 0.5) is 10.5 Å². The van der Waals surface area contributed by atoms with E-state index in [0.29, 0.717) is 25.4 Å². The second kappa shape index (κ2) is 7.89. The van der Waals surface area contributed by atoms with Crippen LogP contribution in [0.15, 0.2) is 24.3 Å². The zero-order chi connectivity index (χ0) is 18.6. The van der Waals surface area contributed by atoms with Gasteiger partial charge in [-0.25, -0.2) is 4.79 Å². The van der Waals surface area contributed by atoms with E-state index in [9.17, 15) is 9.59 Å².